The molecule has 0 aromatic carbocycles. The summed E-state index contributed by atoms with van der Waals surface area (Å²) >= 11 is 0. The molecular weight excluding hydrogens is 172 g/mol. The van der Waals surface area contributed by atoms with Crippen LogP contribution in [0.2, 0.25) is 0 Å². The first-order valence-electron chi connectivity index (χ1n) is 6.24. The minimum atomic E-state index is 0.420. The monoisotopic (exact) mass is 196 g/mol. The van der Waals surface area contributed by atoms with Crippen molar-refractivity contribution in [2.45, 2.75) is 52.4 Å². The molecule has 0 aromatic heterocycles. The highest BCUT2D eigenvalue weighted by atomic mass is 16.3. The fraction of sp³-hybridized carbons (Fsp3) is 1.00. The first-order chi connectivity index (χ1) is 6.63. The van der Waals surface area contributed by atoms with Gasteiger partial charge in [-0.2, -0.15) is 0 Å². The lowest BCUT2D eigenvalue weighted by Crippen LogP contribution is -2.39. The second-order valence-electron chi connectivity index (χ2n) is 6.11. The topological polar surface area (TPSA) is 20.2 Å². The molecule has 3 atom stereocenters. The summed E-state index contributed by atoms with van der Waals surface area (Å²) in [5, 5.41) is 9.21. The summed E-state index contributed by atoms with van der Waals surface area (Å²) in [4.78, 5) is 0. The number of fused-ring (bicyclic) bond motifs is 1. The van der Waals surface area contributed by atoms with E-state index in [0.717, 1.165) is 11.8 Å². The van der Waals surface area contributed by atoms with E-state index in [1.165, 1.54) is 38.5 Å². The van der Waals surface area contributed by atoms with E-state index < -0.39 is 0 Å². The van der Waals surface area contributed by atoms with Crippen LogP contribution in [0.25, 0.3) is 0 Å². The van der Waals surface area contributed by atoms with Crippen molar-refractivity contribution < 1.29 is 5.11 Å². The number of hydrogen-bond acceptors (Lipinski definition) is 1. The van der Waals surface area contributed by atoms with Crippen molar-refractivity contribution in [3.8, 4) is 0 Å². The van der Waals surface area contributed by atoms with Gasteiger partial charge < -0.3 is 5.11 Å². The SMILES string of the molecule is CC1(C)CCCC2CC(CO)CCC21. The Balaban J connectivity index is 2.03. The molecule has 0 aliphatic heterocycles. The molecule has 0 bridgehead atoms. The van der Waals surface area contributed by atoms with Crippen LogP contribution in [0.4, 0.5) is 0 Å². The van der Waals surface area contributed by atoms with E-state index in [4.69, 9.17) is 0 Å². The van der Waals surface area contributed by atoms with Gasteiger partial charge >= 0.3 is 0 Å². The molecule has 3 unspecified atom stereocenters. The van der Waals surface area contributed by atoms with Crippen LogP contribution in [0, 0.1) is 23.2 Å². The van der Waals surface area contributed by atoms with Crippen LogP contribution in [0.1, 0.15) is 52.4 Å². The third-order valence-corrected chi connectivity index (χ3v) is 4.75. The van der Waals surface area contributed by atoms with Crippen LogP contribution in [-0.2, 0) is 0 Å². The predicted octanol–water partition coefficient (Wildman–Crippen LogP) is 3.22. The van der Waals surface area contributed by atoms with Crippen LogP contribution in [0.15, 0.2) is 0 Å². The molecule has 1 N–H and O–H groups in total. The molecule has 1 heteroatoms. The van der Waals surface area contributed by atoms with E-state index in [1.54, 1.807) is 0 Å². The van der Waals surface area contributed by atoms with E-state index in [9.17, 15) is 5.11 Å². The average molecular weight is 196 g/mol. The summed E-state index contributed by atoms with van der Waals surface area (Å²) in [5.74, 6) is 2.48. The van der Waals surface area contributed by atoms with Gasteiger partial charge in [-0.1, -0.05) is 26.7 Å². The van der Waals surface area contributed by atoms with Gasteiger partial charge in [0.2, 0.25) is 0 Å². The van der Waals surface area contributed by atoms with Crippen molar-refractivity contribution >= 4 is 0 Å². The van der Waals surface area contributed by atoms with Crippen LogP contribution < -0.4 is 0 Å². The Kier molecular flexibility index (Phi) is 2.88. The minimum absolute atomic E-state index is 0.420. The molecular formula is C13H24O. The zero-order chi connectivity index (χ0) is 10.2. The maximum atomic E-state index is 9.21. The third-order valence-electron chi connectivity index (χ3n) is 4.75. The summed E-state index contributed by atoms with van der Waals surface area (Å²) in [6.07, 6.45) is 8.17. The average Bonchev–Trinajstić information content (AvgIpc) is 2.16. The van der Waals surface area contributed by atoms with Gasteiger partial charge in [0, 0.05) is 6.61 Å². The zero-order valence-electron chi connectivity index (χ0n) is 9.63. The number of rotatable bonds is 1. The van der Waals surface area contributed by atoms with Gasteiger partial charge in [0.1, 0.15) is 0 Å². The van der Waals surface area contributed by atoms with E-state index in [0.29, 0.717) is 17.9 Å². The van der Waals surface area contributed by atoms with E-state index in [2.05, 4.69) is 13.8 Å². The van der Waals surface area contributed by atoms with Gasteiger partial charge in [0.25, 0.3) is 0 Å². The highest BCUT2D eigenvalue weighted by molar-refractivity contribution is 4.92. The molecule has 0 aromatic rings. The Hall–Kier alpha value is -0.0400. The minimum Gasteiger partial charge on any atom is -0.396 e. The van der Waals surface area contributed by atoms with Crippen molar-refractivity contribution in [1.29, 1.82) is 0 Å². The molecule has 0 heterocycles. The Labute approximate surface area is 87.9 Å². The van der Waals surface area contributed by atoms with Crippen LogP contribution >= 0.6 is 0 Å². The number of aliphatic hydroxyl groups is 1. The highest BCUT2D eigenvalue weighted by Gasteiger charge is 2.41. The van der Waals surface area contributed by atoms with Gasteiger partial charge in [-0.3, -0.25) is 0 Å². The lowest BCUT2D eigenvalue weighted by atomic mass is 9.57. The fourth-order valence-electron chi connectivity index (χ4n) is 3.88. The molecule has 2 saturated carbocycles. The molecule has 0 radical (unpaired) electrons. The highest BCUT2D eigenvalue weighted by Crippen LogP contribution is 2.51. The van der Waals surface area contributed by atoms with Crippen molar-refractivity contribution in [3.05, 3.63) is 0 Å². The Bertz CT molecular complexity index is 197. The molecule has 2 fully saturated rings. The Morgan fingerprint density at radius 2 is 2.00 bits per heavy atom. The number of aliphatic hydroxyl groups excluding tert-OH is 1. The normalized spacial score (nSPS) is 41.8. The molecule has 2 aliphatic rings. The van der Waals surface area contributed by atoms with Crippen molar-refractivity contribution in [1.82, 2.24) is 0 Å². The predicted molar refractivity (Wildman–Crippen MR) is 59.0 cm³/mol. The third kappa shape index (κ3) is 1.84. The molecule has 2 aliphatic carbocycles. The first-order valence-corrected chi connectivity index (χ1v) is 6.24. The van der Waals surface area contributed by atoms with Crippen LogP contribution in [0.3, 0.4) is 0 Å². The summed E-state index contributed by atoms with van der Waals surface area (Å²) in [6.45, 7) is 5.32. The van der Waals surface area contributed by atoms with Crippen LogP contribution in [0.5, 0.6) is 0 Å². The van der Waals surface area contributed by atoms with E-state index in [1.807, 2.05) is 0 Å². The number of hydrogen-bond donors (Lipinski definition) is 1. The zero-order valence-corrected chi connectivity index (χ0v) is 9.63. The Morgan fingerprint density at radius 1 is 1.21 bits per heavy atom. The van der Waals surface area contributed by atoms with Crippen molar-refractivity contribution in [2.24, 2.45) is 23.2 Å². The van der Waals surface area contributed by atoms with Gasteiger partial charge in [-0.05, 0) is 48.9 Å². The van der Waals surface area contributed by atoms with Gasteiger partial charge in [0.15, 0.2) is 0 Å². The second-order valence-corrected chi connectivity index (χ2v) is 6.11. The molecule has 14 heavy (non-hydrogen) atoms. The van der Waals surface area contributed by atoms with E-state index >= 15 is 0 Å². The smallest absolute Gasteiger partial charge is 0.0459 e. The van der Waals surface area contributed by atoms with Gasteiger partial charge in [0.05, 0.1) is 0 Å². The maximum Gasteiger partial charge on any atom is 0.0459 e. The largest absolute Gasteiger partial charge is 0.396 e. The molecule has 82 valence electrons. The quantitative estimate of drug-likeness (QED) is 0.682. The van der Waals surface area contributed by atoms with E-state index in [-0.39, 0.29) is 0 Å². The lowest BCUT2D eigenvalue weighted by Gasteiger charge is -2.48. The summed E-state index contributed by atoms with van der Waals surface area (Å²) in [6, 6.07) is 0. The standard InChI is InChI=1S/C13H24O/c1-13(2)7-3-4-11-8-10(9-14)5-6-12(11)13/h10-12,14H,3-9H2,1-2H3. The molecule has 1 nitrogen and oxygen atoms in total. The second kappa shape index (κ2) is 3.84. The fourth-order valence-corrected chi connectivity index (χ4v) is 3.88. The molecule has 0 saturated heterocycles. The lowest BCUT2D eigenvalue weighted by molar-refractivity contribution is 0.00886. The summed E-state index contributed by atoms with van der Waals surface area (Å²) in [5.41, 5.74) is 0.573. The summed E-state index contributed by atoms with van der Waals surface area (Å²) < 4.78 is 0. The molecule has 0 spiro atoms. The summed E-state index contributed by atoms with van der Waals surface area (Å²) in [7, 11) is 0. The van der Waals surface area contributed by atoms with Crippen molar-refractivity contribution in [2.75, 3.05) is 6.61 Å². The van der Waals surface area contributed by atoms with Gasteiger partial charge in [-0.15, -0.1) is 0 Å². The Morgan fingerprint density at radius 3 is 2.71 bits per heavy atom. The van der Waals surface area contributed by atoms with Crippen molar-refractivity contribution in [3.63, 3.8) is 0 Å². The van der Waals surface area contributed by atoms with Crippen LogP contribution in [-0.4, -0.2) is 11.7 Å². The first kappa shape index (κ1) is 10.5. The molecule has 0 amide bonds. The van der Waals surface area contributed by atoms with Gasteiger partial charge in [-0.25, -0.2) is 0 Å². The maximum absolute atomic E-state index is 9.21. The molecule has 2 rings (SSSR count).